The Kier molecular flexibility index (Phi) is 6.95. The Bertz CT molecular complexity index is 1110. The Morgan fingerprint density at radius 2 is 1.78 bits per heavy atom. The molecule has 1 aliphatic heterocycles. The molecule has 0 aromatic heterocycles. The van der Waals surface area contributed by atoms with E-state index < -0.39 is 33.9 Å². The molecule has 0 bridgehead atoms. The van der Waals surface area contributed by atoms with Crippen LogP contribution in [0.1, 0.15) is 24.5 Å². The zero-order valence-electron chi connectivity index (χ0n) is 17.8. The molecule has 9 nitrogen and oxygen atoms in total. The SMILES string of the molecule is Cc1ccc(CN2C[C@@H](C(=O)O[C@H](C)C(=O)Nc3ccc(S(N)(=O)=O)cc3)CC2=O)cc1. The second kappa shape index (κ2) is 9.49. The van der Waals surface area contributed by atoms with E-state index >= 15 is 0 Å². The van der Waals surface area contributed by atoms with Crippen molar-refractivity contribution in [1.29, 1.82) is 0 Å². The van der Waals surface area contributed by atoms with Gasteiger partial charge in [0.2, 0.25) is 15.9 Å². The van der Waals surface area contributed by atoms with Gasteiger partial charge in [0.15, 0.2) is 6.10 Å². The van der Waals surface area contributed by atoms with E-state index in [1.165, 1.54) is 31.2 Å². The third-order valence-electron chi connectivity index (χ3n) is 5.15. The Morgan fingerprint density at radius 3 is 2.38 bits per heavy atom. The number of carbonyl (C=O) groups excluding carboxylic acids is 3. The number of likely N-dealkylation sites (tertiary alicyclic amines) is 1. The number of rotatable bonds is 7. The van der Waals surface area contributed by atoms with E-state index in [2.05, 4.69) is 5.32 Å². The number of carbonyl (C=O) groups is 3. The van der Waals surface area contributed by atoms with Crippen molar-refractivity contribution in [2.45, 2.75) is 37.8 Å². The van der Waals surface area contributed by atoms with Crippen molar-refractivity contribution in [3.8, 4) is 0 Å². The van der Waals surface area contributed by atoms with Crippen LogP contribution in [0.25, 0.3) is 0 Å². The molecule has 1 fully saturated rings. The molecule has 2 atom stereocenters. The average molecular weight is 460 g/mol. The monoisotopic (exact) mass is 459 g/mol. The van der Waals surface area contributed by atoms with Gasteiger partial charge in [-0.05, 0) is 43.7 Å². The summed E-state index contributed by atoms with van der Waals surface area (Å²) in [5.74, 6) is -1.98. The molecular formula is C22H25N3O6S. The fraction of sp³-hybridized carbons (Fsp3) is 0.318. The lowest BCUT2D eigenvalue weighted by atomic mass is 10.1. The number of anilines is 1. The van der Waals surface area contributed by atoms with E-state index in [1.807, 2.05) is 31.2 Å². The van der Waals surface area contributed by atoms with Gasteiger partial charge in [-0.3, -0.25) is 14.4 Å². The third kappa shape index (κ3) is 5.92. The van der Waals surface area contributed by atoms with Crippen LogP contribution in [-0.2, 0) is 35.7 Å². The summed E-state index contributed by atoms with van der Waals surface area (Å²) < 4.78 is 27.8. The van der Waals surface area contributed by atoms with Crippen molar-refractivity contribution in [2.75, 3.05) is 11.9 Å². The quantitative estimate of drug-likeness (QED) is 0.603. The molecule has 1 aliphatic rings. The van der Waals surface area contributed by atoms with E-state index in [0.29, 0.717) is 12.2 Å². The molecule has 0 aliphatic carbocycles. The topological polar surface area (TPSA) is 136 Å². The van der Waals surface area contributed by atoms with Gasteiger partial charge in [0.1, 0.15) is 0 Å². The lowest BCUT2D eigenvalue weighted by Gasteiger charge is -2.18. The first-order valence-electron chi connectivity index (χ1n) is 10.0. The second-order valence-electron chi connectivity index (χ2n) is 7.80. The highest BCUT2D eigenvalue weighted by Gasteiger charge is 2.36. The van der Waals surface area contributed by atoms with Crippen LogP contribution in [0.2, 0.25) is 0 Å². The Morgan fingerprint density at radius 1 is 1.16 bits per heavy atom. The fourth-order valence-corrected chi connectivity index (χ4v) is 3.81. The minimum atomic E-state index is -3.83. The van der Waals surface area contributed by atoms with Crippen LogP contribution in [0.15, 0.2) is 53.4 Å². The molecule has 2 amide bonds. The van der Waals surface area contributed by atoms with Crippen LogP contribution in [0.5, 0.6) is 0 Å². The molecule has 0 unspecified atom stereocenters. The molecule has 2 aromatic carbocycles. The van der Waals surface area contributed by atoms with E-state index in [1.54, 1.807) is 4.90 Å². The van der Waals surface area contributed by atoms with Gasteiger partial charge in [-0.2, -0.15) is 0 Å². The van der Waals surface area contributed by atoms with Crippen LogP contribution >= 0.6 is 0 Å². The van der Waals surface area contributed by atoms with E-state index in [9.17, 15) is 22.8 Å². The molecule has 3 N–H and O–H groups in total. The largest absolute Gasteiger partial charge is 0.452 e. The number of benzene rings is 2. The van der Waals surface area contributed by atoms with Crippen molar-refractivity contribution < 1.29 is 27.5 Å². The number of primary sulfonamides is 1. The maximum atomic E-state index is 12.5. The summed E-state index contributed by atoms with van der Waals surface area (Å²) in [7, 11) is -3.83. The number of esters is 1. The van der Waals surface area contributed by atoms with Crippen LogP contribution in [0.4, 0.5) is 5.69 Å². The highest BCUT2D eigenvalue weighted by Crippen LogP contribution is 2.22. The number of nitrogens with two attached hydrogens (primary N) is 1. The number of nitrogens with zero attached hydrogens (tertiary/aromatic N) is 1. The summed E-state index contributed by atoms with van der Waals surface area (Å²) >= 11 is 0. The van der Waals surface area contributed by atoms with Crippen molar-refractivity contribution in [2.24, 2.45) is 11.1 Å². The van der Waals surface area contributed by atoms with Gasteiger partial charge in [-0.1, -0.05) is 29.8 Å². The normalized spacial score (nSPS) is 17.2. The minimum Gasteiger partial charge on any atom is -0.452 e. The first kappa shape index (κ1) is 23.4. The van der Waals surface area contributed by atoms with E-state index in [-0.39, 0.29) is 23.8 Å². The average Bonchev–Trinajstić information content (AvgIpc) is 3.10. The number of ether oxygens (including phenoxy) is 1. The zero-order valence-corrected chi connectivity index (χ0v) is 18.6. The van der Waals surface area contributed by atoms with E-state index in [0.717, 1.165) is 11.1 Å². The molecule has 0 spiro atoms. The summed E-state index contributed by atoms with van der Waals surface area (Å²) in [6, 6.07) is 13.1. The number of hydrogen-bond donors (Lipinski definition) is 2. The number of hydrogen-bond acceptors (Lipinski definition) is 6. The van der Waals surface area contributed by atoms with Crippen molar-refractivity contribution in [3.63, 3.8) is 0 Å². The number of nitrogens with one attached hydrogen (secondary N) is 1. The highest BCUT2D eigenvalue weighted by atomic mass is 32.2. The lowest BCUT2D eigenvalue weighted by Crippen LogP contribution is -2.33. The smallest absolute Gasteiger partial charge is 0.312 e. The molecule has 1 saturated heterocycles. The van der Waals surface area contributed by atoms with Gasteiger partial charge < -0.3 is 15.0 Å². The summed E-state index contributed by atoms with van der Waals surface area (Å²) in [4.78, 5) is 38.7. The number of aryl methyl sites for hydroxylation is 1. The maximum absolute atomic E-state index is 12.5. The van der Waals surface area contributed by atoms with Gasteiger partial charge in [0.05, 0.1) is 10.8 Å². The highest BCUT2D eigenvalue weighted by molar-refractivity contribution is 7.89. The second-order valence-corrected chi connectivity index (χ2v) is 9.36. The van der Waals surface area contributed by atoms with Crippen LogP contribution < -0.4 is 10.5 Å². The molecule has 0 saturated carbocycles. The molecule has 3 rings (SSSR count). The third-order valence-corrected chi connectivity index (χ3v) is 6.08. The van der Waals surface area contributed by atoms with Crippen LogP contribution in [-0.4, -0.2) is 43.8 Å². The van der Waals surface area contributed by atoms with Crippen molar-refractivity contribution in [3.05, 3.63) is 59.7 Å². The maximum Gasteiger partial charge on any atom is 0.312 e. The Hall–Kier alpha value is -3.24. The molecule has 10 heteroatoms. The molecule has 1 heterocycles. The fourth-order valence-electron chi connectivity index (χ4n) is 3.29. The number of amides is 2. The van der Waals surface area contributed by atoms with Gasteiger partial charge in [0, 0.05) is 25.2 Å². The molecule has 170 valence electrons. The van der Waals surface area contributed by atoms with Crippen molar-refractivity contribution in [1.82, 2.24) is 4.90 Å². The van der Waals surface area contributed by atoms with Gasteiger partial charge in [0.25, 0.3) is 5.91 Å². The molecular weight excluding hydrogens is 434 g/mol. The summed E-state index contributed by atoms with van der Waals surface area (Å²) in [6.07, 6.45) is -1.06. The predicted octanol–water partition coefficient (Wildman–Crippen LogP) is 1.56. The van der Waals surface area contributed by atoms with Crippen molar-refractivity contribution >= 4 is 33.5 Å². The van der Waals surface area contributed by atoms with E-state index in [4.69, 9.17) is 9.88 Å². The molecule has 32 heavy (non-hydrogen) atoms. The number of sulfonamides is 1. The van der Waals surface area contributed by atoms with Crippen LogP contribution in [0, 0.1) is 12.8 Å². The van der Waals surface area contributed by atoms with Crippen LogP contribution in [0.3, 0.4) is 0 Å². The molecule has 0 radical (unpaired) electrons. The zero-order chi connectivity index (χ0) is 23.5. The Balaban J connectivity index is 1.52. The summed E-state index contributed by atoms with van der Waals surface area (Å²) in [6.45, 7) is 4.04. The summed E-state index contributed by atoms with van der Waals surface area (Å²) in [5, 5.41) is 7.58. The van der Waals surface area contributed by atoms with Gasteiger partial charge >= 0.3 is 5.97 Å². The first-order chi connectivity index (χ1) is 15.0. The lowest BCUT2D eigenvalue weighted by molar-refractivity contribution is -0.157. The summed E-state index contributed by atoms with van der Waals surface area (Å²) in [5.41, 5.74) is 2.42. The minimum absolute atomic E-state index is 0.0358. The van der Waals surface area contributed by atoms with Gasteiger partial charge in [-0.15, -0.1) is 0 Å². The Labute approximate surface area is 186 Å². The van der Waals surface area contributed by atoms with Gasteiger partial charge in [-0.25, -0.2) is 13.6 Å². The first-order valence-corrected chi connectivity index (χ1v) is 11.5. The predicted molar refractivity (Wildman–Crippen MR) is 117 cm³/mol. The standard InChI is InChI=1S/C22H25N3O6S/c1-14-3-5-16(6-4-14)12-25-13-17(11-20(25)26)22(28)31-15(2)21(27)24-18-7-9-19(10-8-18)32(23,29)30/h3-10,15,17H,11-13H2,1-2H3,(H,24,27)(H2,23,29,30)/t15-,17+/m1/s1. The molecule has 2 aromatic rings.